The number of aromatic nitrogens is 2. The van der Waals surface area contributed by atoms with Gasteiger partial charge in [0.15, 0.2) is 5.58 Å². The summed E-state index contributed by atoms with van der Waals surface area (Å²) in [6.45, 7) is 0. The quantitative estimate of drug-likeness (QED) is 0.173. The summed E-state index contributed by atoms with van der Waals surface area (Å²) < 4.78 is 11.6. The molecular formula is C54H34N2O. The van der Waals surface area contributed by atoms with Crippen LogP contribution in [0.25, 0.3) is 110 Å². The zero-order valence-corrected chi connectivity index (χ0v) is 30.9. The van der Waals surface area contributed by atoms with Gasteiger partial charge in [-0.25, -0.2) is 0 Å². The predicted molar refractivity (Wildman–Crippen MR) is 239 cm³/mol. The van der Waals surface area contributed by atoms with E-state index < -0.39 is 0 Å². The van der Waals surface area contributed by atoms with Crippen molar-refractivity contribution >= 4 is 65.6 Å². The molecule has 0 atom stereocenters. The molecule has 9 aromatic carbocycles. The third-order valence-corrected chi connectivity index (χ3v) is 11.7. The van der Waals surface area contributed by atoms with Gasteiger partial charge >= 0.3 is 0 Å². The fraction of sp³-hybridized carbons (Fsp3) is 0. The molecule has 0 radical (unpaired) electrons. The van der Waals surface area contributed by atoms with Crippen molar-refractivity contribution in [2.45, 2.75) is 0 Å². The van der Waals surface area contributed by atoms with Gasteiger partial charge in [0, 0.05) is 38.0 Å². The number of furan rings is 1. The molecule has 0 unspecified atom stereocenters. The largest absolute Gasteiger partial charge is 0.454 e. The molecule has 0 fully saturated rings. The molecule has 3 heteroatoms. The van der Waals surface area contributed by atoms with Crippen LogP contribution in [0.5, 0.6) is 0 Å². The normalized spacial score (nSPS) is 11.9. The standard InChI is InChI=1S/C54H34N2O/c1-3-14-35(15-4-1)36-16-13-17-37(30-36)40-32-47-45-22-9-12-25-53(45)57-54(47)52(34-40)56-49-24-11-7-20-42(49)44-28-26-39(33-51(44)56)38-27-29-50-46(31-38)43-21-8-10-23-48(43)55(50)41-18-5-2-6-19-41/h1-34H. The molecule has 0 aliphatic rings. The van der Waals surface area contributed by atoms with Crippen LogP contribution in [-0.2, 0) is 0 Å². The molecule has 0 N–H and O–H groups in total. The molecule has 0 saturated heterocycles. The van der Waals surface area contributed by atoms with E-state index in [2.05, 4.69) is 215 Å². The Bertz CT molecular complexity index is 3510. The smallest absolute Gasteiger partial charge is 0.159 e. The first-order valence-corrected chi connectivity index (χ1v) is 19.5. The Balaban J connectivity index is 1.10. The Kier molecular flexibility index (Phi) is 6.93. The molecule has 3 heterocycles. The minimum Gasteiger partial charge on any atom is -0.454 e. The Labute approximate surface area is 328 Å². The van der Waals surface area contributed by atoms with Crippen LogP contribution < -0.4 is 0 Å². The highest BCUT2D eigenvalue weighted by Gasteiger charge is 2.21. The molecule has 3 nitrogen and oxygen atoms in total. The van der Waals surface area contributed by atoms with Gasteiger partial charge in [-0.1, -0.05) is 140 Å². The summed E-state index contributed by atoms with van der Waals surface area (Å²) in [4.78, 5) is 0. The predicted octanol–water partition coefficient (Wildman–Crippen LogP) is 14.8. The molecule has 57 heavy (non-hydrogen) atoms. The highest BCUT2D eigenvalue weighted by Crippen LogP contribution is 2.43. The van der Waals surface area contributed by atoms with Crippen LogP contribution >= 0.6 is 0 Å². The summed E-state index contributed by atoms with van der Waals surface area (Å²) in [5.74, 6) is 0. The lowest BCUT2D eigenvalue weighted by atomic mass is 9.97. The Morgan fingerprint density at radius 1 is 0.281 bits per heavy atom. The lowest BCUT2D eigenvalue weighted by molar-refractivity contribution is 0.666. The summed E-state index contributed by atoms with van der Waals surface area (Å²) in [6, 6.07) is 74.5. The average Bonchev–Trinajstić information content (AvgIpc) is 3.94. The van der Waals surface area contributed by atoms with Crippen molar-refractivity contribution in [2.75, 3.05) is 0 Å². The molecule has 0 bridgehead atoms. The SMILES string of the molecule is c1ccc(-c2cccc(-c3cc(-n4c5ccccc5c5ccc(-c6ccc7c(c6)c6ccccc6n7-c6ccccc6)cc54)c4oc5ccccc5c4c3)c2)cc1. The zero-order chi connectivity index (χ0) is 37.5. The monoisotopic (exact) mass is 726 g/mol. The number of rotatable bonds is 5. The van der Waals surface area contributed by atoms with Crippen molar-refractivity contribution in [2.24, 2.45) is 0 Å². The summed E-state index contributed by atoms with van der Waals surface area (Å²) in [5, 5.41) is 7.11. The first-order valence-electron chi connectivity index (χ1n) is 19.5. The van der Waals surface area contributed by atoms with Gasteiger partial charge in [0.25, 0.3) is 0 Å². The molecule has 3 aromatic heterocycles. The summed E-state index contributed by atoms with van der Waals surface area (Å²) in [7, 11) is 0. The van der Waals surface area contributed by atoms with E-state index in [0.29, 0.717) is 0 Å². The van der Waals surface area contributed by atoms with Crippen LogP contribution in [0.1, 0.15) is 0 Å². The zero-order valence-electron chi connectivity index (χ0n) is 30.9. The third-order valence-electron chi connectivity index (χ3n) is 11.7. The molecule has 0 spiro atoms. The van der Waals surface area contributed by atoms with Gasteiger partial charge in [0.05, 0.1) is 27.8 Å². The Morgan fingerprint density at radius 3 is 1.63 bits per heavy atom. The van der Waals surface area contributed by atoms with E-state index in [-0.39, 0.29) is 0 Å². The average molecular weight is 727 g/mol. The molecule has 0 saturated carbocycles. The van der Waals surface area contributed by atoms with Gasteiger partial charge in [-0.2, -0.15) is 0 Å². The Morgan fingerprint density at radius 2 is 0.825 bits per heavy atom. The molecule has 0 aliphatic carbocycles. The van der Waals surface area contributed by atoms with E-state index in [9.17, 15) is 0 Å². The van der Waals surface area contributed by atoms with Crippen molar-refractivity contribution < 1.29 is 4.42 Å². The van der Waals surface area contributed by atoms with Gasteiger partial charge < -0.3 is 13.6 Å². The van der Waals surface area contributed by atoms with Crippen LogP contribution in [-0.4, -0.2) is 9.13 Å². The van der Waals surface area contributed by atoms with E-state index >= 15 is 0 Å². The van der Waals surface area contributed by atoms with E-state index in [0.717, 1.165) is 61.0 Å². The van der Waals surface area contributed by atoms with Gasteiger partial charge in [-0.05, 0) is 100 Å². The molecule has 0 aliphatic heterocycles. The second kappa shape index (κ2) is 12.5. The van der Waals surface area contributed by atoms with Gasteiger partial charge in [-0.15, -0.1) is 0 Å². The molecule has 12 rings (SSSR count). The van der Waals surface area contributed by atoms with Crippen molar-refractivity contribution in [3.63, 3.8) is 0 Å². The molecule has 0 amide bonds. The number of para-hydroxylation sites is 4. The fourth-order valence-corrected chi connectivity index (χ4v) is 9.07. The van der Waals surface area contributed by atoms with Crippen LogP contribution in [0.3, 0.4) is 0 Å². The maximum absolute atomic E-state index is 6.81. The molecule has 266 valence electrons. The van der Waals surface area contributed by atoms with Gasteiger partial charge in [-0.3, -0.25) is 0 Å². The summed E-state index contributed by atoms with van der Waals surface area (Å²) in [5.41, 5.74) is 15.7. The number of benzene rings is 9. The van der Waals surface area contributed by atoms with Crippen LogP contribution in [0.2, 0.25) is 0 Å². The maximum atomic E-state index is 6.81. The number of nitrogens with zero attached hydrogens (tertiary/aromatic N) is 2. The van der Waals surface area contributed by atoms with Crippen LogP contribution in [0, 0.1) is 0 Å². The fourth-order valence-electron chi connectivity index (χ4n) is 9.07. The maximum Gasteiger partial charge on any atom is 0.159 e. The van der Waals surface area contributed by atoms with E-state index in [1.54, 1.807) is 0 Å². The van der Waals surface area contributed by atoms with Crippen molar-refractivity contribution in [3.05, 3.63) is 206 Å². The van der Waals surface area contributed by atoms with Crippen molar-refractivity contribution in [1.82, 2.24) is 9.13 Å². The van der Waals surface area contributed by atoms with Gasteiger partial charge in [0.1, 0.15) is 5.58 Å². The number of hydrogen-bond donors (Lipinski definition) is 0. The highest BCUT2D eigenvalue weighted by atomic mass is 16.3. The van der Waals surface area contributed by atoms with E-state index in [4.69, 9.17) is 4.42 Å². The van der Waals surface area contributed by atoms with Crippen molar-refractivity contribution in [1.29, 1.82) is 0 Å². The van der Waals surface area contributed by atoms with Gasteiger partial charge in [0.2, 0.25) is 0 Å². The number of hydrogen-bond acceptors (Lipinski definition) is 1. The highest BCUT2D eigenvalue weighted by molar-refractivity contribution is 6.15. The Hall–Kier alpha value is -7.62. The minimum absolute atomic E-state index is 0.877. The second-order valence-corrected chi connectivity index (χ2v) is 14.9. The summed E-state index contributed by atoms with van der Waals surface area (Å²) in [6.07, 6.45) is 0. The minimum atomic E-state index is 0.877. The molecular weight excluding hydrogens is 693 g/mol. The van der Waals surface area contributed by atoms with Crippen molar-refractivity contribution in [3.8, 4) is 44.8 Å². The summed E-state index contributed by atoms with van der Waals surface area (Å²) >= 11 is 0. The molecule has 12 aromatic rings. The third kappa shape index (κ3) is 4.92. The number of fused-ring (bicyclic) bond motifs is 9. The lowest BCUT2D eigenvalue weighted by Gasteiger charge is -2.13. The lowest BCUT2D eigenvalue weighted by Crippen LogP contribution is -1.96. The van der Waals surface area contributed by atoms with Crippen LogP contribution in [0.4, 0.5) is 0 Å². The van der Waals surface area contributed by atoms with E-state index in [1.807, 2.05) is 0 Å². The van der Waals surface area contributed by atoms with Crippen LogP contribution in [0.15, 0.2) is 211 Å². The first kappa shape index (κ1) is 31.7. The first-order chi connectivity index (χ1) is 28.3. The topological polar surface area (TPSA) is 23.0 Å². The second-order valence-electron chi connectivity index (χ2n) is 14.9. The van der Waals surface area contributed by atoms with E-state index in [1.165, 1.54) is 49.3 Å².